The highest BCUT2D eigenvalue weighted by Crippen LogP contribution is 2.37. The van der Waals surface area contributed by atoms with E-state index in [0.29, 0.717) is 0 Å². The van der Waals surface area contributed by atoms with Gasteiger partial charge in [-0.3, -0.25) is 9.69 Å². The third-order valence-corrected chi connectivity index (χ3v) is 4.84. The number of ether oxygens (including phenoxy) is 2. The Morgan fingerprint density at radius 1 is 1.33 bits per heavy atom. The fourth-order valence-electron chi connectivity index (χ4n) is 3.51. The molecule has 0 aromatic heterocycles. The van der Waals surface area contributed by atoms with Gasteiger partial charge in [-0.2, -0.15) is 0 Å². The molecule has 5 heteroatoms. The minimum absolute atomic E-state index is 0.0316. The zero-order valence-corrected chi connectivity index (χ0v) is 13.5. The molecule has 1 amide bonds. The maximum absolute atomic E-state index is 12.3. The summed E-state index contributed by atoms with van der Waals surface area (Å²) in [4.78, 5) is 14.6. The molecule has 0 radical (unpaired) electrons. The van der Waals surface area contributed by atoms with Gasteiger partial charge >= 0.3 is 0 Å². The number of nitrogens with zero attached hydrogens (tertiary/aromatic N) is 1. The maximum atomic E-state index is 12.3. The SMILES string of the molecule is COCC1(CNC(=O)[C@H](C)CN2CCOCC2)CCCC1. The summed E-state index contributed by atoms with van der Waals surface area (Å²) in [6.07, 6.45) is 4.84. The van der Waals surface area contributed by atoms with E-state index in [1.54, 1.807) is 7.11 Å². The molecule has 2 fully saturated rings. The van der Waals surface area contributed by atoms with Crippen molar-refractivity contribution in [3.05, 3.63) is 0 Å². The Labute approximate surface area is 128 Å². The van der Waals surface area contributed by atoms with Crippen LogP contribution < -0.4 is 5.32 Å². The Morgan fingerprint density at radius 3 is 2.62 bits per heavy atom. The summed E-state index contributed by atoms with van der Waals surface area (Å²) < 4.78 is 10.7. The van der Waals surface area contributed by atoms with Gasteiger partial charge in [-0.25, -0.2) is 0 Å². The molecular weight excluding hydrogens is 268 g/mol. The number of rotatable bonds is 7. The van der Waals surface area contributed by atoms with Crippen LogP contribution in [-0.4, -0.2) is 63.9 Å². The van der Waals surface area contributed by atoms with Gasteiger partial charge in [0.25, 0.3) is 0 Å². The first-order chi connectivity index (χ1) is 10.2. The molecule has 1 aliphatic heterocycles. The van der Waals surface area contributed by atoms with Gasteiger partial charge in [0.15, 0.2) is 0 Å². The first kappa shape index (κ1) is 16.7. The van der Waals surface area contributed by atoms with Crippen molar-refractivity contribution in [2.24, 2.45) is 11.3 Å². The van der Waals surface area contributed by atoms with Crippen LogP contribution in [0.5, 0.6) is 0 Å². The highest BCUT2D eigenvalue weighted by Gasteiger charge is 2.34. The van der Waals surface area contributed by atoms with E-state index in [-0.39, 0.29) is 17.2 Å². The van der Waals surface area contributed by atoms with Crippen LogP contribution in [0, 0.1) is 11.3 Å². The summed E-state index contributed by atoms with van der Waals surface area (Å²) in [5.41, 5.74) is 0.170. The largest absolute Gasteiger partial charge is 0.384 e. The number of methoxy groups -OCH3 is 1. The van der Waals surface area contributed by atoms with Gasteiger partial charge < -0.3 is 14.8 Å². The molecule has 21 heavy (non-hydrogen) atoms. The van der Waals surface area contributed by atoms with Gasteiger partial charge in [-0.05, 0) is 12.8 Å². The third-order valence-electron chi connectivity index (χ3n) is 4.84. The molecule has 1 saturated heterocycles. The van der Waals surface area contributed by atoms with E-state index in [1.165, 1.54) is 25.7 Å². The van der Waals surface area contributed by atoms with Crippen LogP contribution in [0.1, 0.15) is 32.6 Å². The molecule has 0 aromatic carbocycles. The Balaban J connectivity index is 1.74. The highest BCUT2D eigenvalue weighted by molar-refractivity contribution is 5.78. The fraction of sp³-hybridized carbons (Fsp3) is 0.938. The number of hydrogen-bond donors (Lipinski definition) is 1. The van der Waals surface area contributed by atoms with Gasteiger partial charge in [-0.1, -0.05) is 19.8 Å². The number of morpholine rings is 1. The van der Waals surface area contributed by atoms with Crippen LogP contribution in [0.15, 0.2) is 0 Å². The molecule has 1 N–H and O–H groups in total. The number of hydrogen-bond acceptors (Lipinski definition) is 4. The summed E-state index contributed by atoms with van der Waals surface area (Å²) >= 11 is 0. The van der Waals surface area contributed by atoms with Crippen LogP contribution in [0.4, 0.5) is 0 Å². The summed E-state index contributed by atoms with van der Waals surface area (Å²) in [6, 6.07) is 0. The Kier molecular flexibility index (Phi) is 6.45. The average molecular weight is 298 g/mol. The molecule has 1 heterocycles. The molecule has 5 nitrogen and oxygen atoms in total. The molecule has 0 unspecified atom stereocenters. The van der Waals surface area contributed by atoms with Crippen molar-refractivity contribution < 1.29 is 14.3 Å². The van der Waals surface area contributed by atoms with Crippen LogP contribution >= 0.6 is 0 Å². The molecule has 0 spiro atoms. The van der Waals surface area contributed by atoms with Crippen LogP contribution in [-0.2, 0) is 14.3 Å². The van der Waals surface area contributed by atoms with Gasteiger partial charge in [0, 0.05) is 44.6 Å². The molecule has 2 rings (SSSR count). The van der Waals surface area contributed by atoms with Gasteiger partial charge in [0.2, 0.25) is 5.91 Å². The number of nitrogens with one attached hydrogen (secondary N) is 1. The quantitative estimate of drug-likeness (QED) is 0.769. The Hall–Kier alpha value is -0.650. The number of carbonyl (C=O) groups excluding carboxylic acids is 1. The Morgan fingerprint density at radius 2 is 2.00 bits per heavy atom. The number of carbonyl (C=O) groups is 1. The summed E-state index contributed by atoms with van der Waals surface area (Å²) in [5.74, 6) is 0.202. The first-order valence-corrected chi connectivity index (χ1v) is 8.22. The van der Waals surface area contributed by atoms with E-state index < -0.39 is 0 Å². The number of amides is 1. The molecule has 1 saturated carbocycles. The smallest absolute Gasteiger partial charge is 0.224 e. The second kappa shape index (κ2) is 8.11. The summed E-state index contributed by atoms with van der Waals surface area (Å²) in [5, 5.41) is 3.16. The minimum Gasteiger partial charge on any atom is -0.384 e. The molecule has 0 aromatic rings. The zero-order valence-electron chi connectivity index (χ0n) is 13.5. The standard InChI is InChI=1S/C16H30N2O3/c1-14(11-18-7-9-21-10-8-18)15(19)17-12-16(13-20-2)5-3-4-6-16/h14H,3-13H2,1-2H3,(H,17,19)/t14-/m1/s1. The predicted molar refractivity (Wildman–Crippen MR) is 82.2 cm³/mol. The predicted octanol–water partition coefficient (Wildman–Crippen LogP) is 1.28. The minimum atomic E-state index is 0.0316. The van der Waals surface area contributed by atoms with E-state index in [9.17, 15) is 4.79 Å². The lowest BCUT2D eigenvalue weighted by molar-refractivity contribution is -0.126. The normalized spacial score (nSPS) is 23.9. The van der Waals surface area contributed by atoms with Crippen LogP contribution in [0.25, 0.3) is 0 Å². The zero-order chi connectivity index (χ0) is 15.1. The summed E-state index contributed by atoms with van der Waals surface area (Å²) in [7, 11) is 1.75. The van der Waals surface area contributed by atoms with Crippen molar-refractivity contribution in [1.29, 1.82) is 0 Å². The van der Waals surface area contributed by atoms with E-state index in [1.807, 2.05) is 6.92 Å². The van der Waals surface area contributed by atoms with Crippen LogP contribution in [0.2, 0.25) is 0 Å². The first-order valence-electron chi connectivity index (χ1n) is 8.22. The van der Waals surface area contributed by atoms with Gasteiger partial charge in [0.05, 0.1) is 19.8 Å². The average Bonchev–Trinajstić information content (AvgIpc) is 2.95. The van der Waals surface area contributed by atoms with E-state index in [4.69, 9.17) is 9.47 Å². The molecule has 122 valence electrons. The third kappa shape index (κ3) is 4.94. The van der Waals surface area contributed by atoms with Crippen LogP contribution in [0.3, 0.4) is 0 Å². The van der Waals surface area contributed by atoms with Gasteiger partial charge in [-0.15, -0.1) is 0 Å². The van der Waals surface area contributed by atoms with Crippen molar-refractivity contribution in [2.45, 2.75) is 32.6 Å². The highest BCUT2D eigenvalue weighted by atomic mass is 16.5. The maximum Gasteiger partial charge on any atom is 0.224 e. The van der Waals surface area contributed by atoms with Crippen molar-refractivity contribution in [1.82, 2.24) is 10.2 Å². The fourth-order valence-corrected chi connectivity index (χ4v) is 3.51. The van der Waals surface area contributed by atoms with E-state index >= 15 is 0 Å². The molecule has 1 aliphatic carbocycles. The van der Waals surface area contributed by atoms with E-state index in [2.05, 4.69) is 10.2 Å². The van der Waals surface area contributed by atoms with Crippen molar-refractivity contribution in [3.63, 3.8) is 0 Å². The monoisotopic (exact) mass is 298 g/mol. The molecular formula is C16H30N2O3. The summed E-state index contributed by atoms with van der Waals surface area (Å²) in [6.45, 7) is 7.79. The van der Waals surface area contributed by atoms with Crippen molar-refractivity contribution >= 4 is 5.91 Å². The van der Waals surface area contributed by atoms with Gasteiger partial charge in [0.1, 0.15) is 0 Å². The lowest BCUT2D eigenvalue weighted by Crippen LogP contribution is -2.45. The second-order valence-electron chi connectivity index (χ2n) is 6.67. The second-order valence-corrected chi connectivity index (χ2v) is 6.67. The lowest BCUT2D eigenvalue weighted by atomic mass is 9.87. The topological polar surface area (TPSA) is 50.8 Å². The van der Waals surface area contributed by atoms with Crippen molar-refractivity contribution in [2.75, 3.05) is 53.1 Å². The molecule has 1 atom stereocenters. The lowest BCUT2D eigenvalue weighted by Gasteiger charge is -2.31. The van der Waals surface area contributed by atoms with Crippen molar-refractivity contribution in [3.8, 4) is 0 Å². The molecule has 0 bridgehead atoms. The Bertz CT molecular complexity index is 323. The van der Waals surface area contributed by atoms with E-state index in [0.717, 1.165) is 46.0 Å². The molecule has 2 aliphatic rings.